The maximum atomic E-state index is 11.6. The fourth-order valence-corrected chi connectivity index (χ4v) is 1.90. The highest BCUT2D eigenvalue weighted by Crippen LogP contribution is 2.16. The van der Waals surface area contributed by atoms with Gasteiger partial charge >= 0.3 is 6.09 Å². The summed E-state index contributed by atoms with van der Waals surface area (Å²) < 4.78 is 15.5. The van der Waals surface area contributed by atoms with Crippen LogP contribution in [-0.2, 0) is 11.3 Å². The molecule has 0 aliphatic rings. The van der Waals surface area contributed by atoms with Crippen LogP contribution in [0.4, 0.5) is 4.79 Å². The van der Waals surface area contributed by atoms with Crippen LogP contribution in [0.1, 0.15) is 5.56 Å². The molecule has 2 aromatic carbocycles. The van der Waals surface area contributed by atoms with Crippen molar-refractivity contribution >= 4 is 6.09 Å². The second-order valence-electron chi connectivity index (χ2n) is 5.08. The molecular weight excluding hydrogens is 310 g/mol. The molecule has 0 aliphatic carbocycles. The largest absolute Gasteiger partial charge is 0.497 e. The molecule has 2 N–H and O–H groups in total. The van der Waals surface area contributed by atoms with Gasteiger partial charge in [-0.1, -0.05) is 30.3 Å². The number of benzene rings is 2. The molecule has 24 heavy (non-hydrogen) atoms. The first-order chi connectivity index (χ1) is 11.7. The van der Waals surface area contributed by atoms with Gasteiger partial charge in [-0.2, -0.15) is 0 Å². The molecule has 0 heterocycles. The summed E-state index contributed by atoms with van der Waals surface area (Å²) in [7, 11) is 1.59. The maximum Gasteiger partial charge on any atom is 0.407 e. The first-order valence-corrected chi connectivity index (χ1v) is 7.57. The van der Waals surface area contributed by atoms with Crippen LogP contribution in [0.3, 0.4) is 0 Å². The van der Waals surface area contributed by atoms with E-state index in [4.69, 9.17) is 14.2 Å². The molecule has 1 unspecified atom stereocenters. The summed E-state index contributed by atoms with van der Waals surface area (Å²) in [6.45, 7) is 0.292. The molecule has 2 rings (SSSR count). The molecule has 1 atom stereocenters. The van der Waals surface area contributed by atoms with Gasteiger partial charge in [0.2, 0.25) is 0 Å². The van der Waals surface area contributed by atoms with Gasteiger partial charge in [0.25, 0.3) is 0 Å². The smallest absolute Gasteiger partial charge is 0.407 e. The van der Waals surface area contributed by atoms with E-state index in [1.165, 1.54) is 0 Å². The highest BCUT2D eigenvalue weighted by Gasteiger charge is 2.09. The number of carbonyl (C=O) groups is 1. The average molecular weight is 331 g/mol. The molecule has 0 bridgehead atoms. The Morgan fingerprint density at radius 2 is 1.75 bits per heavy atom. The molecule has 0 saturated carbocycles. The van der Waals surface area contributed by atoms with Crippen molar-refractivity contribution in [3.05, 3.63) is 60.2 Å². The van der Waals surface area contributed by atoms with Crippen LogP contribution in [0, 0.1) is 0 Å². The highest BCUT2D eigenvalue weighted by atomic mass is 16.5. The number of hydrogen-bond acceptors (Lipinski definition) is 5. The number of alkyl carbamates (subject to hydrolysis) is 1. The number of ether oxygens (including phenoxy) is 3. The summed E-state index contributed by atoms with van der Waals surface area (Å²) in [6.07, 6.45) is -1.42. The van der Waals surface area contributed by atoms with Crippen molar-refractivity contribution in [1.82, 2.24) is 5.32 Å². The molecule has 128 valence electrons. The second kappa shape index (κ2) is 9.42. The number of methoxy groups -OCH3 is 1. The summed E-state index contributed by atoms with van der Waals surface area (Å²) in [5, 5.41) is 12.3. The van der Waals surface area contributed by atoms with Crippen molar-refractivity contribution < 1.29 is 24.1 Å². The van der Waals surface area contributed by atoms with Crippen molar-refractivity contribution in [2.45, 2.75) is 12.7 Å². The van der Waals surface area contributed by atoms with E-state index in [2.05, 4.69) is 5.32 Å². The molecule has 6 heteroatoms. The van der Waals surface area contributed by atoms with Crippen LogP contribution in [-0.4, -0.2) is 37.6 Å². The molecule has 0 radical (unpaired) electrons. The van der Waals surface area contributed by atoms with Crippen molar-refractivity contribution in [3.63, 3.8) is 0 Å². The van der Waals surface area contributed by atoms with Crippen molar-refractivity contribution in [2.75, 3.05) is 20.3 Å². The summed E-state index contributed by atoms with van der Waals surface area (Å²) in [4.78, 5) is 11.6. The van der Waals surface area contributed by atoms with Gasteiger partial charge in [0, 0.05) is 0 Å². The van der Waals surface area contributed by atoms with Gasteiger partial charge in [0.15, 0.2) is 0 Å². The average Bonchev–Trinajstić information content (AvgIpc) is 2.64. The summed E-state index contributed by atoms with van der Waals surface area (Å²) >= 11 is 0. The zero-order valence-corrected chi connectivity index (χ0v) is 13.5. The van der Waals surface area contributed by atoms with E-state index in [9.17, 15) is 9.90 Å². The lowest BCUT2D eigenvalue weighted by Gasteiger charge is -2.13. The Balaban J connectivity index is 1.63. The number of hydrogen-bond donors (Lipinski definition) is 2. The van der Waals surface area contributed by atoms with Crippen LogP contribution < -0.4 is 14.8 Å². The lowest BCUT2D eigenvalue weighted by Crippen LogP contribution is -2.35. The minimum atomic E-state index is -0.837. The van der Waals surface area contributed by atoms with Gasteiger partial charge in [-0.05, 0) is 29.8 Å². The monoisotopic (exact) mass is 331 g/mol. The molecule has 0 spiro atoms. The minimum absolute atomic E-state index is 0.0454. The molecule has 0 aromatic heterocycles. The van der Waals surface area contributed by atoms with Crippen LogP contribution in [0.25, 0.3) is 0 Å². The van der Waals surface area contributed by atoms with Crippen LogP contribution in [0.15, 0.2) is 54.6 Å². The van der Waals surface area contributed by atoms with Crippen molar-refractivity contribution in [2.24, 2.45) is 0 Å². The Morgan fingerprint density at radius 3 is 2.42 bits per heavy atom. The van der Waals surface area contributed by atoms with Crippen LogP contribution in [0.2, 0.25) is 0 Å². The van der Waals surface area contributed by atoms with E-state index >= 15 is 0 Å². The minimum Gasteiger partial charge on any atom is -0.497 e. The fraction of sp³-hybridized carbons (Fsp3) is 0.278. The normalized spacial score (nSPS) is 11.4. The highest BCUT2D eigenvalue weighted by molar-refractivity contribution is 5.67. The molecule has 0 aliphatic heterocycles. The van der Waals surface area contributed by atoms with Gasteiger partial charge < -0.3 is 24.6 Å². The summed E-state index contributed by atoms with van der Waals surface area (Å²) in [6, 6.07) is 16.4. The first-order valence-electron chi connectivity index (χ1n) is 7.57. The number of amides is 1. The first kappa shape index (κ1) is 17.6. The number of nitrogens with one attached hydrogen (secondary N) is 1. The zero-order valence-electron chi connectivity index (χ0n) is 13.5. The number of aliphatic hydroxyl groups excluding tert-OH is 1. The molecule has 1 amide bonds. The summed E-state index contributed by atoms with van der Waals surface area (Å²) in [5.74, 6) is 1.34. The van der Waals surface area contributed by atoms with Crippen LogP contribution >= 0.6 is 0 Å². The predicted molar refractivity (Wildman–Crippen MR) is 89.1 cm³/mol. The second-order valence-corrected chi connectivity index (χ2v) is 5.08. The molecule has 6 nitrogen and oxygen atoms in total. The Kier molecular flexibility index (Phi) is 6.91. The van der Waals surface area contributed by atoms with E-state index in [1.54, 1.807) is 31.4 Å². The van der Waals surface area contributed by atoms with E-state index in [0.717, 1.165) is 11.3 Å². The lowest BCUT2D eigenvalue weighted by molar-refractivity contribution is 0.0965. The van der Waals surface area contributed by atoms with E-state index in [1.807, 2.05) is 30.3 Å². The number of aliphatic hydroxyl groups is 1. The van der Waals surface area contributed by atoms with E-state index in [0.29, 0.717) is 5.75 Å². The van der Waals surface area contributed by atoms with Crippen molar-refractivity contribution in [3.8, 4) is 11.5 Å². The van der Waals surface area contributed by atoms with Crippen LogP contribution in [0.5, 0.6) is 11.5 Å². The number of carbonyl (C=O) groups excluding carboxylic acids is 1. The van der Waals surface area contributed by atoms with E-state index < -0.39 is 12.2 Å². The summed E-state index contributed by atoms with van der Waals surface area (Å²) in [5.41, 5.74) is 0.899. The fourth-order valence-electron chi connectivity index (χ4n) is 1.90. The third-order valence-corrected chi connectivity index (χ3v) is 3.20. The van der Waals surface area contributed by atoms with Gasteiger partial charge in [-0.15, -0.1) is 0 Å². The van der Waals surface area contributed by atoms with Crippen molar-refractivity contribution in [1.29, 1.82) is 0 Å². The Morgan fingerprint density at radius 1 is 1.08 bits per heavy atom. The third kappa shape index (κ3) is 6.18. The SMILES string of the molecule is COc1ccc(OCC(O)CNC(=O)OCc2ccccc2)cc1. The molecular formula is C18H21NO5. The Hall–Kier alpha value is -2.73. The molecule has 0 fully saturated rings. The Bertz CT molecular complexity index is 615. The quantitative estimate of drug-likeness (QED) is 0.776. The van der Waals surface area contributed by atoms with E-state index in [-0.39, 0.29) is 19.8 Å². The Labute approximate surface area is 141 Å². The molecule has 2 aromatic rings. The van der Waals surface area contributed by atoms with Gasteiger partial charge in [-0.3, -0.25) is 0 Å². The maximum absolute atomic E-state index is 11.6. The van der Waals surface area contributed by atoms with Gasteiger partial charge in [0.1, 0.15) is 30.8 Å². The molecule has 0 saturated heterocycles. The topological polar surface area (TPSA) is 77.0 Å². The third-order valence-electron chi connectivity index (χ3n) is 3.20. The zero-order chi connectivity index (χ0) is 17.2. The lowest BCUT2D eigenvalue weighted by atomic mass is 10.2. The van der Waals surface area contributed by atoms with Gasteiger partial charge in [-0.25, -0.2) is 4.79 Å². The standard InChI is InChI=1S/C18H21NO5/c1-22-16-7-9-17(10-8-16)23-13-15(20)11-19-18(21)24-12-14-5-3-2-4-6-14/h2-10,15,20H,11-13H2,1H3,(H,19,21). The van der Waals surface area contributed by atoms with Gasteiger partial charge in [0.05, 0.1) is 13.7 Å². The number of rotatable bonds is 8. The predicted octanol–water partition coefficient (Wildman–Crippen LogP) is 2.36.